The lowest BCUT2D eigenvalue weighted by atomic mass is 9.94. The molecule has 4 heteroatoms. The number of anilines is 1. The monoisotopic (exact) mass is 303 g/mol. The highest BCUT2D eigenvalue weighted by Gasteiger charge is 2.26. The van der Waals surface area contributed by atoms with E-state index in [1.54, 1.807) is 0 Å². The highest BCUT2D eigenvalue weighted by molar-refractivity contribution is 7.80. The fraction of sp³-hybridized carbons (Fsp3) is 0.647. The van der Waals surface area contributed by atoms with E-state index in [9.17, 15) is 0 Å². The zero-order valence-corrected chi connectivity index (χ0v) is 13.7. The van der Waals surface area contributed by atoms with Gasteiger partial charge in [0.2, 0.25) is 0 Å². The average molecular weight is 303 g/mol. The fourth-order valence-electron chi connectivity index (χ4n) is 3.82. The molecule has 1 heterocycles. The Balaban J connectivity index is 2.03. The van der Waals surface area contributed by atoms with Gasteiger partial charge in [0.15, 0.2) is 0 Å². The van der Waals surface area contributed by atoms with Crippen molar-refractivity contribution in [3.8, 4) is 0 Å². The van der Waals surface area contributed by atoms with Gasteiger partial charge < -0.3 is 10.6 Å². The molecule has 2 N–H and O–H groups in total. The first kappa shape index (κ1) is 14.8. The number of aromatic nitrogens is 1. The number of nitrogens with two attached hydrogens (primary N) is 1. The van der Waals surface area contributed by atoms with Crippen molar-refractivity contribution in [2.24, 2.45) is 5.73 Å². The molecule has 114 valence electrons. The first-order valence-corrected chi connectivity index (χ1v) is 8.70. The van der Waals surface area contributed by atoms with Gasteiger partial charge in [-0.05, 0) is 57.1 Å². The van der Waals surface area contributed by atoms with Crippen LogP contribution in [0.4, 0.5) is 5.82 Å². The van der Waals surface area contributed by atoms with E-state index < -0.39 is 0 Å². The van der Waals surface area contributed by atoms with Gasteiger partial charge in [0.05, 0.1) is 5.56 Å². The van der Waals surface area contributed by atoms with E-state index >= 15 is 0 Å². The minimum Gasteiger partial charge on any atom is -0.389 e. The lowest BCUT2D eigenvalue weighted by molar-refractivity contribution is 0.605. The summed E-state index contributed by atoms with van der Waals surface area (Å²) < 4.78 is 0. The molecule has 0 spiro atoms. The van der Waals surface area contributed by atoms with Gasteiger partial charge in [-0.3, -0.25) is 0 Å². The summed E-state index contributed by atoms with van der Waals surface area (Å²) in [5.41, 5.74) is 9.62. The maximum absolute atomic E-state index is 6.00. The number of nitrogens with zero attached hydrogens (tertiary/aromatic N) is 2. The minimum atomic E-state index is 0.488. The fourth-order valence-corrected chi connectivity index (χ4v) is 3.97. The molecule has 0 atom stereocenters. The summed E-state index contributed by atoms with van der Waals surface area (Å²) >= 11 is 5.31. The lowest BCUT2D eigenvalue weighted by Crippen LogP contribution is -2.36. The molecule has 1 aromatic heterocycles. The van der Waals surface area contributed by atoms with Crippen LogP contribution < -0.4 is 10.6 Å². The molecule has 0 unspecified atom stereocenters. The highest BCUT2D eigenvalue weighted by atomic mass is 32.1. The topological polar surface area (TPSA) is 42.2 Å². The third-order valence-corrected chi connectivity index (χ3v) is 5.14. The predicted molar refractivity (Wildman–Crippen MR) is 92.0 cm³/mol. The van der Waals surface area contributed by atoms with E-state index in [1.807, 2.05) is 0 Å². The van der Waals surface area contributed by atoms with Gasteiger partial charge in [-0.25, -0.2) is 4.98 Å². The number of fused-ring (bicyclic) bond motifs is 1. The Morgan fingerprint density at radius 3 is 2.67 bits per heavy atom. The van der Waals surface area contributed by atoms with Crippen molar-refractivity contribution in [3.63, 3.8) is 0 Å². The Labute approximate surface area is 132 Å². The summed E-state index contributed by atoms with van der Waals surface area (Å²) in [5.74, 6) is 1.04. The number of rotatable bonds is 4. The number of hydrogen-bond donors (Lipinski definition) is 1. The number of thiocarbonyl (C=S) groups is 1. The van der Waals surface area contributed by atoms with Crippen LogP contribution in [0.2, 0.25) is 0 Å². The zero-order valence-electron chi connectivity index (χ0n) is 12.9. The second-order valence-electron chi connectivity index (χ2n) is 6.26. The second kappa shape index (κ2) is 6.30. The van der Waals surface area contributed by atoms with Gasteiger partial charge in [-0.2, -0.15) is 0 Å². The summed E-state index contributed by atoms with van der Waals surface area (Å²) in [5, 5.41) is 0. The Morgan fingerprint density at radius 1 is 1.29 bits per heavy atom. The molecule has 1 fully saturated rings. The van der Waals surface area contributed by atoms with Crippen LogP contribution in [0.15, 0.2) is 6.07 Å². The molecular formula is C17H25N3S. The average Bonchev–Trinajstić information content (AvgIpc) is 3.01. The summed E-state index contributed by atoms with van der Waals surface area (Å²) in [6, 6.07) is 2.83. The Hall–Kier alpha value is -1.16. The molecule has 2 aliphatic carbocycles. The van der Waals surface area contributed by atoms with Crippen LogP contribution in [0.5, 0.6) is 0 Å². The van der Waals surface area contributed by atoms with Gasteiger partial charge in [0, 0.05) is 18.3 Å². The van der Waals surface area contributed by atoms with Crippen molar-refractivity contribution in [1.82, 2.24) is 4.98 Å². The van der Waals surface area contributed by atoms with Crippen molar-refractivity contribution in [3.05, 3.63) is 22.9 Å². The summed E-state index contributed by atoms with van der Waals surface area (Å²) in [4.78, 5) is 7.94. The van der Waals surface area contributed by atoms with E-state index in [0.29, 0.717) is 11.0 Å². The normalized spacial score (nSPS) is 18.5. The first-order chi connectivity index (χ1) is 10.2. The van der Waals surface area contributed by atoms with Crippen molar-refractivity contribution in [1.29, 1.82) is 0 Å². The Kier molecular flexibility index (Phi) is 4.43. The van der Waals surface area contributed by atoms with Crippen molar-refractivity contribution in [2.75, 3.05) is 11.4 Å². The molecule has 3 rings (SSSR count). The lowest BCUT2D eigenvalue weighted by Gasteiger charge is -2.32. The maximum Gasteiger partial charge on any atom is 0.139 e. The van der Waals surface area contributed by atoms with Crippen LogP contribution in [-0.2, 0) is 12.8 Å². The van der Waals surface area contributed by atoms with Crippen LogP contribution in [0, 0.1) is 0 Å². The van der Waals surface area contributed by atoms with E-state index in [2.05, 4.69) is 17.9 Å². The van der Waals surface area contributed by atoms with E-state index in [1.165, 1.54) is 49.8 Å². The van der Waals surface area contributed by atoms with Crippen molar-refractivity contribution in [2.45, 2.75) is 64.3 Å². The van der Waals surface area contributed by atoms with Crippen LogP contribution in [-0.4, -0.2) is 22.6 Å². The molecule has 21 heavy (non-hydrogen) atoms. The van der Waals surface area contributed by atoms with Crippen LogP contribution in [0.3, 0.4) is 0 Å². The van der Waals surface area contributed by atoms with Gasteiger partial charge in [0.25, 0.3) is 0 Å². The summed E-state index contributed by atoms with van der Waals surface area (Å²) in [7, 11) is 0. The van der Waals surface area contributed by atoms with E-state index in [0.717, 1.165) is 30.8 Å². The molecule has 2 aliphatic rings. The third-order valence-electron chi connectivity index (χ3n) is 4.92. The smallest absolute Gasteiger partial charge is 0.139 e. The first-order valence-electron chi connectivity index (χ1n) is 8.30. The molecule has 0 amide bonds. The predicted octanol–water partition coefficient (Wildman–Crippen LogP) is 3.36. The van der Waals surface area contributed by atoms with Crippen molar-refractivity contribution >= 4 is 23.0 Å². The summed E-state index contributed by atoms with van der Waals surface area (Å²) in [6.07, 6.45) is 9.91. The summed E-state index contributed by atoms with van der Waals surface area (Å²) in [6.45, 7) is 3.19. The number of pyridine rings is 1. The second-order valence-corrected chi connectivity index (χ2v) is 6.70. The molecule has 0 aromatic carbocycles. The molecule has 0 bridgehead atoms. The SMILES string of the molecule is CCN(c1nc2c(cc1C(N)=S)CCCC2)C1CCCC1. The van der Waals surface area contributed by atoms with Gasteiger partial charge in [-0.1, -0.05) is 25.1 Å². The molecule has 1 aromatic rings. The molecule has 3 nitrogen and oxygen atoms in total. The zero-order chi connectivity index (χ0) is 14.8. The molecule has 0 radical (unpaired) electrons. The minimum absolute atomic E-state index is 0.488. The van der Waals surface area contributed by atoms with Crippen LogP contribution >= 0.6 is 12.2 Å². The third kappa shape index (κ3) is 2.91. The molecule has 0 saturated heterocycles. The highest BCUT2D eigenvalue weighted by Crippen LogP contribution is 2.32. The molecule has 1 saturated carbocycles. The van der Waals surface area contributed by atoms with E-state index in [4.69, 9.17) is 22.9 Å². The number of hydrogen-bond acceptors (Lipinski definition) is 3. The van der Waals surface area contributed by atoms with Gasteiger partial charge >= 0.3 is 0 Å². The standard InChI is InChI=1S/C17H25N3S/c1-2-20(13-8-4-5-9-13)17-14(16(18)21)11-12-7-3-6-10-15(12)19-17/h11,13H,2-10H2,1H3,(H2,18,21). The molecular weight excluding hydrogens is 278 g/mol. The molecule has 0 aliphatic heterocycles. The largest absolute Gasteiger partial charge is 0.389 e. The number of aryl methyl sites for hydroxylation is 2. The van der Waals surface area contributed by atoms with Gasteiger partial charge in [-0.15, -0.1) is 0 Å². The van der Waals surface area contributed by atoms with E-state index in [-0.39, 0.29) is 0 Å². The van der Waals surface area contributed by atoms with Crippen LogP contribution in [0.25, 0.3) is 0 Å². The maximum atomic E-state index is 6.00. The quantitative estimate of drug-likeness (QED) is 0.866. The van der Waals surface area contributed by atoms with Crippen molar-refractivity contribution < 1.29 is 0 Å². The Morgan fingerprint density at radius 2 is 2.00 bits per heavy atom. The van der Waals surface area contributed by atoms with Crippen LogP contribution in [0.1, 0.15) is 62.3 Å². The Bertz CT molecular complexity index is 535. The van der Waals surface area contributed by atoms with Gasteiger partial charge in [0.1, 0.15) is 10.8 Å².